The summed E-state index contributed by atoms with van der Waals surface area (Å²) in [5.41, 5.74) is 8.20. The van der Waals surface area contributed by atoms with Crippen LogP contribution in [0.5, 0.6) is 0 Å². The fourth-order valence-corrected chi connectivity index (χ4v) is 3.90. The van der Waals surface area contributed by atoms with Crippen molar-refractivity contribution in [3.05, 3.63) is 71.3 Å². The maximum atomic E-state index is 11.1. The van der Waals surface area contributed by atoms with E-state index in [0.29, 0.717) is 18.2 Å². The highest BCUT2D eigenvalue weighted by atomic mass is 16.5. The molecule has 2 amide bonds. The molecule has 2 aromatic rings. The highest BCUT2D eigenvalue weighted by Crippen LogP contribution is 2.30. The van der Waals surface area contributed by atoms with E-state index >= 15 is 0 Å². The van der Waals surface area contributed by atoms with E-state index in [4.69, 9.17) is 15.6 Å². The molecular weight excluding hydrogens is 412 g/mol. The number of ether oxygens (including phenoxy) is 1. The number of amides is 2. The van der Waals surface area contributed by atoms with E-state index in [0.717, 1.165) is 37.3 Å². The lowest BCUT2D eigenvalue weighted by Crippen LogP contribution is -2.48. The Bertz CT molecular complexity index is 870. The summed E-state index contributed by atoms with van der Waals surface area (Å²) in [7, 11) is 0. The SMILES string of the molecule is NC(=O)N(O)Cc1ccc([C@@H](c2ccccc2)N2CCN(CCOCC(=O)O)CC2)cc1. The van der Waals surface area contributed by atoms with E-state index in [9.17, 15) is 14.8 Å². The van der Waals surface area contributed by atoms with Crippen molar-refractivity contribution in [2.24, 2.45) is 5.73 Å². The third-order valence-corrected chi connectivity index (χ3v) is 5.55. The van der Waals surface area contributed by atoms with Crippen LogP contribution in [0.15, 0.2) is 54.6 Å². The van der Waals surface area contributed by atoms with Gasteiger partial charge < -0.3 is 15.6 Å². The van der Waals surface area contributed by atoms with Crippen LogP contribution in [0.2, 0.25) is 0 Å². The van der Waals surface area contributed by atoms with Gasteiger partial charge in [-0.05, 0) is 16.7 Å². The molecule has 172 valence electrons. The van der Waals surface area contributed by atoms with Gasteiger partial charge in [-0.2, -0.15) is 0 Å². The maximum absolute atomic E-state index is 11.1. The van der Waals surface area contributed by atoms with Crippen LogP contribution in [0.1, 0.15) is 22.7 Å². The number of carboxylic acid groups (broad SMARTS) is 1. The second kappa shape index (κ2) is 11.6. The fourth-order valence-electron chi connectivity index (χ4n) is 3.90. The molecule has 0 aliphatic carbocycles. The van der Waals surface area contributed by atoms with Crippen molar-refractivity contribution in [3.63, 3.8) is 0 Å². The van der Waals surface area contributed by atoms with E-state index in [1.807, 2.05) is 42.5 Å². The zero-order valence-corrected chi connectivity index (χ0v) is 18.0. The zero-order chi connectivity index (χ0) is 22.9. The van der Waals surface area contributed by atoms with Crippen LogP contribution in [-0.2, 0) is 16.1 Å². The van der Waals surface area contributed by atoms with E-state index in [1.54, 1.807) is 0 Å². The van der Waals surface area contributed by atoms with Gasteiger partial charge in [-0.25, -0.2) is 14.7 Å². The Balaban J connectivity index is 1.66. The van der Waals surface area contributed by atoms with Crippen LogP contribution < -0.4 is 5.73 Å². The number of nitrogens with two attached hydrogens (primary N) is 1. The van der Waals surface area contributed by atoms with Crippen molar-refractivity contribution in [3.8, 4) is 0 Å². The number of hydrogen-bond donors (Lipinski definition) is 3. The number of carbonyl (C=O) groups is 2. The van der Waals surface area contributed by atoms with Crippen molar-refractivity contribution in [2.75, 3.05) is 45.9 Å². The summed E-state index contributed by atoms with van der Waals surface area (Å²) in [5, 5.41) is 18.7. The molecule has 3 rings (SSSR count). The van der Waals surface area contributed by atoms with Crippen LogP contribution in [0, 0.1) is 0 Å². The van der Waals surface area contributed by atoms with Gasteiger partial charge in [0.2, 0.25) is 0 Å². The topological polar surface area (TPSA) is 120 Å². The highest BCUT2D eigenvalue weighted by Gasteiger charge is 2.26. The van der Waals surface area contributed by atoms with Gasteiger partial charge in [-0.3, -0.25) is 15.0 Å². The minimum atomic E-state index is -0.951. The predicted octanol–water partition coefficient (Wildman–Crippen LogP) is 1.76. The number of benzene rings is 2. The molecule has 1 atom stereocenters. The first kappa shape index (κ1) is 23.7. The molecule has 0 unspecified atom stereocenters. The zero-order valence-electron chi connectivity index (χ0n) is 18.0. The largest absolute Gasteiger partial charge is 0.480 e. The van der Waals surface area contributed by atoms with E-state index in [2.05, 4.69) is 21.9 Å². The first-order chi connectivity index (χ1) is 15.4. The van der Waals surface area contributed by atoms with Crippen molar-refractivity contribution >= 4 is 12.0 Å². The Labute approximate surface area is 187 Å². The summed E-state index contributed by atoms with van der Waals surface area (Å²) >= 11 is 0. The Kier molecular flexibility index (Phi) is 8.57. The number of nitrogens with zero attached hydrogens (tertiary/aromatic N) is 3. The molecule has 1 heterocycles. The molecular formula is C23H30N4O5. The van der Waals surface area contributed by atoms with Crippen molar-refractivity contribution in [2.45, 2.75) is 12.6 Å². The molecule has 1 aliphatic rings. The second-order valence-electron chi connectivity index (χ2n) is 7.77. The first-order valence-corrected chi connectivity index (χ1v) is 10.6. The Morgan fingerprint density at radius 1 is 1.00 bits per heavy atom. The summed E-state index contributed by atoms with van der Waals surface area (Å²) in [4.78, 5) is 26.3. The van der Waals surface area contributed by atoms with Crippen LogP contribution >= 0.6 is 0 Å². The smallest absolute Gasteiger partial charge is 0.338 e. The van der Waals surface area contributed by atoms with E-state index in [1.165, 1.54) is 5.56 Å². The Hall–Kier alpha value is -2.98. The molecule has 9 nitrogen and oxygen atoms in total. The van der Waals surface area contributed by atoms with Crippen molar-refractivity contribution in [1.29, 1.82) is 0 Å². The number of primary amides is 1. The van der Waals surface area contributed by atoms with Gasteiger partial charge in [0.1, 0.15) is 6.61 Å². The molecule has 0 bridgehead atoms. The summed E-state index contributed by atoms with van der Waals surface area (Å²) in [6.07, 6.45) is 0. The molecule has 32 heavy (non-hydrogen) atoms. The Morgan fingerprint density at radius 3 is 2.22 bits per heavy atom. The molecule has 2 aromatic carbocycles. The summed E-state index contributed by atoms with van der Waals surface area (Å²) < 4.78 is 5.16. The van der Waals surface area contributed by atoms with Gasteiger partial charge in [-0.1, -0.05) is 54.6 Å². The monoisotopic (exact) mass is 442 g/mol. The summed E-state index contributed by atoms with van der Waals surface area (Å²) in [5.74, 6) is -0.951. The van der Waals surface area contributed by atoms with Gasteiger partial charge >= 0.3 is 12.0 Å². The average Bonchev–Trinajstić information content (AvgIpc) is 2.79. The first-order valence-electron chi connectivity index (χ1n) is 10.6. The minimum absolute atomic E-state index is 0.0360. The third-order valence-electron chi connectivity index (χ3n) is 5.55. The molecule has 0 aromatic heterocycles. The van der Waals surface area contributed by atoms with Crippen molar-refractivity contribution in [1.82, 2.24) is 14.9 Å². The molecule has 1 saturated heterocycles. The molecule has 0 radical (unpaired) electrons. The number of hydrogen-bond acceptors (Lipinski definition) is 6. The van der Waals surface area contributed by atoms with Gasteiger partial charge in [-0.15, -0.1) is 0 Å². The number of carbonyl (C=O) groups excluding carboxylic acids is 1. The van der Waals surface area contributed by atoms with E-state index in [-0.39, 0.29) is 19.2 Å². The van der Waals surface area contributed by atoms with Crippen LogP contribution in [-0.4, -0.2) is 83.1 Å². The number of carboxylic acids is 1. The quantitative estimate of drug-likeness (QED) is 0.291. The normalized spacial score (nSPS) is 15.9. The van der Waals surface area contributed by atoms with Gasteiger partial charge in [0.15, 0.2) is 0 Å². The van der Waals surface area contributed by atoms with Gasteiger partial charge in [0.25, 0.3) is 0 Å². The number of rotatable bonds is 10. The molecule has 0 spiro atoms. The van der Waals surface area contributed by atoms with Crippen LogP contribution in [0.3, 0.4) is 0 Å². The van der Waals surface area contributed by atoms with Crippen molar-refractivity contribution < 1.29 is 24.6 Å². The number of aliphatic carboxylic acids is 1. The highest BCUT2D eigenvalue weighted by molar-refractivity contribution is 5.70. The number of piperazine rings is 1. The third kappa shape index (κ3) is 6.76. The maximum Gasteiger partial charge on any atom is 0.338 e. The summed E-state index contributed by atoms with van der Waals surface area (Å²) in [6.45, 7) is 4.37. The second-order valence-corrected chi connectivity index (χ2v) is 7.77. The average molecular weight is 443 g/mol. The van der Waals surface area contributed by atoms with Crippen LogP contribution in [0.4, 0.5) is 4.79 Å². The standard InChI is InChI=1S/C23H30N4O5/c24-23(30)27(31)16-18-6-8-20(9-7-18)22(19-4-2-1-3-5-19)26-12-10-25(11-13-26)14-15-32-17-21(28)29/h1-9,22,31H,10-17H2,(H2,24,30)(H,28,29)/t22-/m1/s1. The molecule has 4 N–H and O–H groups in total. The Morgan fingerprint density at radius 2 is 1.62 bits per heavy atom. The van der Waals surface area contributed by atoms with E-state index < -0.39 is 12.0 Å². The fraction of sp³-hybridized carbons (Fsp3) is 0.391. The molecule has 9 heteroatoms. The van der Waals surface area contributed by atoms with Gasteiger partial charge in [0.05, 0.1) is 19.2 Å². The number of hydroxylamine groups is 2. The lowest BCUT2D eigenvalue weighted by atomic mass is 9.95. The molecule has 1 fully saturated rings. The lowest BCUT2D eigenvalue weighted by molar-refractivity contribution is -0.142. The predicted molar refractivity (Wildman–Crippen MR) is 118 cm³/mol. The minimum Gasteiger partial charge on any atom is -0.480 e. The number of urea groups is 1. The van der Waals surface area contributed by atoms with Crippen LogP contribution in [0.25, 0.3) is 0 Å². The molecule has 1 aliphatic heterocycles. The van der Waals surface area contributed by atoms with Gasteiger partial charge in [0, 0.05) is 32.7 Å². The summed E-state index contributed by atoms with van der Waals surface area (Å²) in [6, 6.07) is 17.3. The lowest BCUT2D eigenvalue weighted by Gasteiger charge is -2.39. The molecule has 0 saturated carbocycles.